The third kappa shape index (κ3) is 4.15. The zero-order chi connectivity index (χ0) is 19.9. The Hall–Kier alpha value is -1.57. The molecule has 0 aliphatic carbocycles. The van der Waals surface area contributed by atoms with E-state index in [0.29, 0.717) is 18.8 Å². The maximum Gasteiger partial charge on any atom is 0.435 e. The monoisotopic (exact) mass is 386 g/mol. The highest BCUT2D eigenvalue weighted by molar-refractivity contribution is 5.96. The third-order valence-corrected chi connectivity index (χ3v) is 5.82. The van der Waals surface area contributed by atoms with Gasteiger partial charge in [0.1, 0.15) is 0 Å². The van der Waals surface area contributed by atoms with Crippen LogP contribution in [0.15, 0.2) is 0 Å². The molecule has 5 nitrogen and oxygen atoms in total. The predicted molar refractivity (Wildman–Crippen MR) is 96.6 cm³/mol. The average Bonchev–Trinajstić information content (AvgIpc) is 2.91. The van der Waals surface area contributed by atoms with Gasteiger partial charge in [0.2, 0.25) is 0 Å². The number of carbonyl (C=O) groups is 1. The van der Waals surface area contributed by atoms with Crippen molar-refractivity contribution in [3.05, 3.63) is 17.0 Å². The van der Waals surface area contributed by atoms with E-state index in [-0.39, 0.29) is 23.4 Å². The number of hydrogen-bond acceptors (Lipinski definition) is 3. The van der Waals surface area contributed by atoms with Crippen LogP contribution in [0.1, 0.15) is 60.9 Å². The van der Waals surface area contributed by atoms with Gasteiger partial charge in [0.05, 0.1) is 11.6 Å². The highest BCUT2D eigenvalue weighted by Crippen LogP contribution is 2.36. The maximum absolute atomic E-state index is 13.7. The number of hydrogen-bond donors (Lipinski definition) is 0. The second kappa shape index (κ2) is 7.45. The van der Waals surface area contributed by atoms with Gasteiger partial charge in [0.15, 0.2) is 5.69 Å². The van der Waals surface area contributed by atoms with Gasteiger partial charge in [-0.2, -0.15) is 18.3 Å². The van der Waals surface area contributed by atoms with Gasteiger partial charge in [-0.25, -0.2) is 0 Å². The summed E-state index contributed by atoms with van der Waals surface area (Å²) >= 11 is 0. The molecule has 0 N–H and O–H groups in total. The van der Waals surface area contributed by atoms with Gasteiger partial charge >= 0.3 is 6.18 Å². The third-order valence-electron chi connectivity index (χ3n) is 5.82. The Labute approximate surface area is 158 Å². The number of rotatable bonds is 2. The Morgan fingerprint density at radius 2 is 1.67 bits per heavy atom. The molecule has 1 aromatic heterocycles. The summed E-state index contributed by atoms with van der Waals surface area (Å²) in [7, 11) is 2.00. The summed E-state index contributed by atoms with van der Waals surface area (Å²) in [5, 5.41) is 3.91. The van der Waals surface area contributed by atoms with Crippen molar-refractivity contribution in [2.45, 2.75) is 52.3 Å². The van der Waals surface area contributed by atoms with Gasteiger partial charge in [-0.1, -0.05) is 13.8 Å². The number of halogens is 3. The zero-order valence-corrected chi connectivity index (χ0v) is 16.5. The van der Waals surface area contributed by atoms with E-state index in [4.69, 9.17) is 0 Å². The number of amides is 1. The lowest BCUT2D eigenvalue weighted by molar-refractivity contribution is -0.142. The smallest absolute Gasteiger partial charge is 0.338 e. The number of aromatic nitrogens is 2. The molecule has 0 spiro atoms. The lowest BCUT2D eigenvalue weighted by Crippen LogP contribution is -2.43. The van der Waals surface area contributed by atoms with Crippen molar-refractivity contribution in [3.8, 4) is 0 Å². The molecule has 2 saturated heterocycles. The molecule has 3 heterocycles. The molecule has 0 saturated carbocycles. The van der Waals surface area contributed by atoms with E-state index in [1.54, 1.807) is 11.8 Å². The number of carbonyl (C=O) groups excluding carboxylic acids is 1. The first-order chi connectivity index (χ1) is 12.6. The molecule has 1 aromatic rings. The molecular weight excluding hydrogens is 357 g/mol. The molecule has 2 aliphatic heterocycles. The van der Waals surface area contributed by atoms with E-state index >= 15 is 0 Å². The fourth-order valence-electron chi connectivity index (χ4n) is 4.56. The first-order valence-electron chi connectivity index (χ1n) is 9.72. The van der Waals surface area contributed by atoms with E-state index in [0.717, 1.165) is 32.4 Å². The van der Waals surface area contributed by atoms with Crippen LogP contribution in [0.5, 0.6) is 0 Å². The van der Waals surface area contributed by atoms with Crippen molar-refractivity contribution in [1.29, 1.82) is 0 Å². The number of likely N-dealkylation sites (tertiary alicyclic amines) is 2. The lowest BCUT2D eigenvalue weighted by Gasteiger charge is -2.35. The Bertz CT molecular complexity index is 682. The number of nitrogens with zero attached hydrogens (tertiary/aromatic N) is 4. The highest BCUT2D eigenvalue weighted by Gasteiger charge is 2.43. The van der Waals surface area contributed by atoms with Crippen molar-refractivity contribution in [1.82, 2.24) is 19.6 Å². The summed E-state index contributed by atoms with van der Waals surface area (Å²) in [6, 6.07) is -0.0944. The largest absolute Gasteiger partial charge is 0.435 e. The summed E-state index contributed by atoms with van der Waals surface area (Å²) < 4.78 is 42.5. The Morgan fingerprint density at radius 1 is 1.11 bits per heavy atom. The molecule has 2 unspecified atom stereocenters. The second-order valence-electron chi connectivity index (χ2n) is 8.44. The summed E-state index contributed by atoms with van der Waals surface area (Å²) in [6.45, 7) is 8.31. The van der Waals surface area contributed by atoms with Crippen LogP contribution in [0.4, 0.5) is 13.2 Å². The van der Waals surface area contributed by atoms with Gasteiger partial charge < -0.3 is 9.80 Å². The van der Waals surface area contributed by atoms with Crippen LogP contribution in [-0.4, -0.2) is 58.7 Å². The van der Waals surface area contributed by atoms with Crippen LogP contribution in [0.2, 0.25) is 0 Å². The van der Waals surface area contributed by atoms with E-state index in [1.165, 1.54) is 4.68 Å². The van der Waals surface area contributed by atoms with E-state index in [9.17, 15) is 18.0 Å². The molecule has 0 radical (unpaired) electrons. The van der Waals surface area contributed by atoms with Crippen molar-refractivity contribution in [2.75, 3.05) is 33.2 Å². The van der Waals surface area contributed by atoms with Crippen molar-refractivity contribution < 1.29 is 18.0 Å². The van der Waals surface area contributed by atoms with Crippen LogP contribution < -0.4 is 0 Å². The average molecular weight is 386 g/mol. The van der Waals surface area contributed by atoms with Crippen molar-refractivity contribution >= 4 is 5.91 Å². The van der Waals surface area contributed by atoms with Crippen LogP contribution >= 0.6 is 0 Å². The Balaban J connectivity index is 1.96. The van der Waals surface area contributed by atoms with E-state index in [2.05, 4.69) is 10.00 Å². The van der Waals surface area contributed by atoms with E-state index in [1.807, 2.05) is 20.9 Å². The van der Waals surface area contributed by atoms with Gasteiger partial charge in [0.25, 0.3) is 5.91 Å². The van der Waals surface area contributed by atoms with Crippen molar-refractivity contribution in [2.24, 2.45) is 11.8 Å². The molecule has 8 heteroatoms. The fraction of sp³-hybridized carbons (Fsp3) is 0.789. The van der Waals surface area contributed by atoms with Crippen LogP contribution in [-0.2, 0) is 6.18 Å². The number of piperidine rings is 2. The topological polar surface area (TPSA) is 41.4 Å². The zero-order valence-electron chi connectivity index (χ0n) is 16.5. The second-order valence-corrected chi connectivity index (χ2v) is 8.44. The highest BCUT2D eigenvalue weighted by atomic mass is 19.4. The normalized spacial score (nSPS) is 25.8. The van der Waals surface area contributed by atoms with Crippen molar-refractivity contribution in [3.63, 3.8) is 0 Å². The maximum atomic E-state index is 13.7. The number of alkyl halides is 3. The minimum absolute atomic E-state index is 0.0944. The summed E-state index contributed by atoms with van der Waals surface area (Å²) in [6.07, 6.45) is -2.17. The quantitative estimate of drug-likeness (QED) is 0.780. The van der Waals surface area contributed by atoms with Gasteiger partial charge in [-0.3, -0.25) is 9.48 Å². The molecule has 152 valence electrons. The lowest BCUT2D eigenvalue weighted by atomic mass is 9.91. The fourth-order valence-corrected chi connectivity index (χ4v) is 4.56. The summed E-state index contributed by atoms with van der Waals surface area (Å²) in [4.78, 5) is 16.8. The molecule has 1 amide bonds. The molecule has 0 aromatic carbocycles. The minimum Gasteiger partial charge on any atom is -0.338 e. The van der Waals surface area contributed by atoms with Crippen LogP contribution in [0.3, 0.4) is 0 Å². The Morgan fingerprint density at radius 3 is 2.19 bits per heavy atom. The first kappa shape index (κ1) is 20.2. The van der Waals surface area contributed by atoms with Crippen LogP contribution in [0.25, 0.3) is 0 Å². The van der Waals surface area contributed by atoms with Gasteiger partial charge in [-0.15, -0.1) is 0 Å². The molecule has 2 atom stereocenters. The standard InChI is InChI=1S/C19H29F3N4O/c1-12-9-13(2)11-25(10-12)18(27)16-14(3)26(23-17(16)19(20,21)22)15-5-7-24(4)8-6-15/h12-13,15H,5-11H2,1-4H3. The predicted octanol–water partition coefficient (Wildman–Crippen LogP) is 3.60. The molecule has 3 rings (SSSR count). The van der Waals surface area contributed by atoms with E-state index < -0.39 is 17.8 Å². The first-order valence-corrected chi connectivity index (χ1v) is 9.72. The summed E-state index contributed by atoms with van der Waals surface area (Å²) in [5.74, 6) is 0.0462. The SMILES string of the molecule is Cc1c(C(=O)N2CC(C)CC(C)C2)c(C(F)(F)F)nn1C1CCN(C)CC1. The molecular formula is C19H29F3N4O. The van der Waals surface area contributed by atoms with Gasteiger partial charge in [-0.05, 0) is 58.2 Å². The minimum atomic E-state index is -4.64. The summed E-state index contributed by atoms with van der Waals surface area (Å²) in [5.41, 5.74) is -0.953. The molecule has 2 fully saturated rings. The Kier molecular flexibility index (Phi) is 5.57. The van der Waals surface area contributed by atoms with Crippen LogP contribution in [0, 0.1) is 18.8 Å². The van der Waals surface area contributed by atoms with Gasteiger partial charge in [0, 0.05) is 18.8 Å². The molecule has 2 aliphatic rings. The molecule has 0 bridgehead atoms. The molecule has 27 heavy (non-hydrogen) atoms.